The van der Waals surface area contributed by atoms with E-state index in [4.69, 9.17) is 9.47 Å². The van der Waals surface area contributed by atoms with Crippen molar-refractivity contribution in [2.75, 3.05) is 30.0 Å². The van der Waals surface area contributed by atoms with Gasteiger partial charge in [-0.05, 0) is 66.6 Å². The molecule has 0 fully saturated rings. The highest BCUT2D eigenvalue weighted by Gasteiger charge is 2.26. The number of nitro benzene ring substituents is 1. The topological polar surface area (TPSA) is 111 Å². The highest BCUT2D eigenvalue weighted by Crippen LogP contribution is 2.34. The first-order valence-electron chi connectivity index (χ1n) is 10.9. The smallest absolute Gasteiger partial charge is 0.269 e. The lowest BCUT2D eigenvalue weighted by Gasteiger charge is -2.29. The highest BCUT2D eigenvalue weighted by atomic mass is 16.6. The van der Waals surface area contributed by atoms with Gasteiger partial charge in [0.05, 0.1) is 17.2 Å². The van der Waals surface area contributed by atoms with Gasteiger partial charge in [-0.25, -0.2) is 0 Å². The summed E-state index contributed by atoms with van der Waals surface area (Å²) in [4.78, 5) is 36.8. The average Bonchev–Trinajstić information content (AvgIpc) is 2.84. The van der Waals surface area contributed by atoms with Crippen molar-refractivity contribution in [1.29, 1.82) is 0 Å². The Hall–Kier alpha value is -4.66. The second kappa shape index (κ2) is 10.5. The Kier molecular flexibility index (Phi) is 7.06. The zero-order chi connectivity index (χ0) is 24.8. The molecule has 0 aromatic heterocycles. The van der Waals surface area contributed by atoms with Crippen molar-refractivity contribution in [2.45, 2.75) is 6.92 Å². The number of benzene rings is 3. The standard InChI is InChI=1S/C26H23N3O6/c1-18-3-2-4-22(15-18)34-14-13-28-23-16-20(8-11-24(23)35-17-26(28)31)27-25(30)12-7-19-5-9-21(10-6-19)29(32)33/h2-12,15-16H,13-14,17H2,1H3,(H,27,30)/b12-7+. The lowest BCUT2D eigenvalue weighted by Crippen LogP contribution is -2.41. The van der Waals surface area contributed by atoms with Gasteiger partial charge in [0.2, 0.25) is 5.91 Å². The third-order valence-corrected chi connectivity index (χ3v) is 5.27. The van der Waals surface area contributed by atoms with Crippen LogP contribution < -0.4 is 19.7 Å². The van der Waals surface area contributed by atoms with Crippen molar-refractivity contribution >= 4 is 35.0 Å². The number of nitro groups is 1. The Labute approximate surface area is 201 Å². The molecule has 35 heavy (non-hydrogen) atoms. The Morgan fingerprint density at radius 2 is 1.97 bits per heavy atom. The van der Waals surface area contributed by atoms with Gasteiger partial charge in [0.1, 0.15) is 18.1 Å². The maximum Gasteiger partial charge on any atom is 0.269 e. The second-order valence-corrected chi connectivity index (χ2v) is 7.85. The summed E-state index contributed by atoms with van der Waals surface area (Å²) in [5, 5.41) is 13.5. The monoisotopic (exact) mass is 473 g/mol. The number of fused-ring (bicyclic) bond motifs is 1. The van der Waals surface area contributed by atoms with Gasteiger partial charge in [-0.1, -0.05) is 12.1 Å². The van der Waals surface area contributed by atoms with Crippen LogP contribution in [0, 0.1) is 17.0 Å². The fourth-order valence-corrected chi connectivity index (χ4v) is 3.55. The summed E-state index contributed by atoms with van der Waals surface area (Å²) in [7, 11) is 0. The minimum absolute atomic E-state index is 0.0220. The van der Waals surface area contributed by atoms with Gasteiger partial charge in [-0.2, -0.15) is 0 Å². The van der Waals surface area contributed by atoms with E-state index in [1.165, 1.54) is 18.2 Å². The minimum Gasteiger partial charge on any atom is -0.492 e. The van der Waals surface area contributed by atoms with E-state index < -0.39 is 4.92 Å². The Balaban J connectivity index is 1.41. The number of aryl methyl sites for hydroxylation is 1. The first-order chi connectivity index (χ1) is 16.9. The number of nitrogens with zero attached hydrogens (tertiary/aromatic N) is 2. The predicted molar refractivity (Wildman–Crippen MR) is 132 cm³/mol. The van der Waals surface area contributed by atoms with Gasteiger partial charge in [-0.3, -0.25) is 19.7 Å². The molecule has 0 unspecified atom stereocenters. The predicted octanol–water partition coefficient (Wildman–Crippen LogP) is 4.36. The van der Waals surface area contributed by atoms with Gasteiger partial charge in [0.15, 0.2) is 6.61 Å². The van der Waals surface area contributed by atoms with E-state index in [0.717, 1.165) is 11.3 Å². The van der Waals surface area contributed by atoms with Crippen LogP contribution in [-0.4, -0.2) is 36.5 Å². The molecule has 3 aromatic rings. The van der Waals surface area contributed by atoms with Crippen LogP contribution in [0.25, 0.3) is 6.08 Å². The molecule has 0 atom stereocenters. The summed E-state index contributed by atoms with van der Waals surface area (Å²) in [6.07, 6.45) is 2.88. The van der Waals surface area contributed by atoms with Crippen LogP contribution in [0.3, 0.4) is 0 Å². The van der Waals surface area contributed by atoms with Gasteiger partial charge < -0.3 is 19.7 Å². The SMILES string of the molecule is Cc1cccc(OCCN2C(=O)COc3ccc(NC(=O)/C=C/c4ccc([N+](=O)[O-])cc4)cc32)c1. The number of rotatable bonds is 8. The lowest BCUT2D eigenvalue weighted by atomic mass is 10.2. The van der Waals surface area contributed by atoms with E-state index in [1.54, 1.807) is 41.3 Å². The molecule has 1 heterocycles. The number of hydrogen-bond acceptors (Lipinski definition) is 6. The quantitative estimate of drug-likeness (QED) is 0.296. The van der Waals surface area contributed by atoms with Crippen LogP contribution in [0.1, 0.15) is 11.1 Å². The molecule has 0 spiro atoms. The third kappa shape index (κ3) is 6.02. The van der Waals surface area contributed by atoms with E-state index in [-0.39, 0.29) is 24.1 Å². The molecule has 0 aliphatic carbocycles. The number of carbonyl (C=O) groups is 2. The lowest BCUT2D eigenvalue weighted by molar-refractivity contribution is -0.384. The first kappa shape index (κ1) is 23.5. The normalized spacial score (nSPS) is 12.7. The third-order valence-electron chi connectivity index (χ3n) is 5.27. The number of nitrogens with one attached hydrogen (secondary N) is 1. The Morgan fingerprint density at radius 1 is 1.17 bits per heavy atom. The average molecular weight is 473 g/mol. The number of ether oxygens (including phenoxy) is 2. The molecule has 4 rings (SSSR count). The molecule has 3 aromatic carbocycles. The van der Waals surface area contributed by atoms with Crippen LogP contribution in [0.15, 0.2) is 72.8 Å². The highest BCUT2D eigenvalue weighted by molar-refractivity contribution is 6.03. The van der Waals surface area contributed by atoms with Crippen LogP contribution in [0.2, 0.25) is 0 Å². The maximum atomic E-state index is 12.5. The van der Waals surface area contributed by atoms with E-state index in [9.17, 15) is 19.7 Å². The Bertz CT molecular complexity index is 1290. The second-order valence-electron chi connectivity index (χ2n) is 7.85. The van der Waals surface area contributed by atoms with Gasteiger partial charge >= 0.3 is 0 Å². The van der Waals surface area contributed by atoms with Crippen molar-refractivity contribution in [1.82, 2.24) is 0 Å². The molecule has 1 N–H and O–H groups in total. The van der Waals surface area contributed by atoms with Gasteiger partial charge in [0, 0.05) is 23.9 Å². The van der Waals surface area contributed by atoms with Crippen molar-refractivity contribution < 1.29 is 24.0 Å². The van der Waals surface area contributed by atoms with Crippen molar-refractivity contribution in [3.05, 3.63) is 94.0 Å². The summed E-state index contributed by atoms with van der Waals surface area (Å²) in [5.74, 6) is 0.680. The van der Waals surface area contributed by atoms with Crippen molar-refractivity contribution in [3.8, 4) is 11.5 Å². The molecule has 0 saturated heterocycles. The van der Waals surface area contributed by atoms with E-state index >= 15 is 0 Å². The zero-order valence-electron chi connectivity index (χ0n) is 19.0. The molecule has 0 bridgehead atoms. The number of carbonyl (C=O) groups excluding carboxylic acids is 2. The summed E-state index contributed by atoms with van der Waals surface area (Å²) in [5.41, 5.74) is 2.75. The largest absolute Gasteiger partial charge is 0.492 e. The molecular weight excluding hydrogens is 450 g/mol. The molecule has 0 saturated carbocycles. The number of anilines is 2. The van der Waals surface area contributed by atoms with Crippen LogP contribution in [0.5, 0.6) is 11.5 Å². The fourth-order valence-electron chi connectivity index (χ4n) is 3.55. The Morgan fingerprint density at radius 3 is 2.71 bits per heavy atom. The minimum atomic E-state index is -0.483. The van der Waals surface area contributed by atoms with Gasteiger partial charge in [0.25, 0.3) is 11.6 Å². The summed E-state index contributed by atoms with van der Waals surface area (Å²) >= 11 is 0. The van der Waals surface area contributed by atoms with Crippen LogP contribution in [-0.2, 0) is 9.59 Å². The summed E-state index contributed by atoms with van der Waals surface area (Å²) in [6.45, 7) is 2.52. The summed E-state index contributed by atoms with van der Waals surface area (Å²) in [6, 6.07) is 18.6. The van der Waals surface area contributed by atoms with E-state index in [0.29, 0.717) is 35.8 Å². The van der Waals surface area contributed by atoms with E-state index in [2.05, 4.69) is 5.32 Å². The number of non-ortho nitro benzene ring substituents is 1. The first-order valence-corrected chi connectivity index (χ1v) is 10.9. The van der Waals surface area contributed by atoms with Crippen molar-refractivity contribution in [2.24, 2.45) is 0 Å². The molecule has 178 valence electrons. The number of hydrogen-bond donors (Lipinski definition) is 1. The molecule has 9 heteroatoms. The van der Waals surface area contributed by atoms with Crippen LogP contribution in [0.4, 0.5) is 17.1 Å². The maximum absolute atomic E-state index is 12.5. The molecule has 1 aliphatic rings. The number of amides is 2. The molecule has 0 radical (unpaired) electrons. The molecule has 2 amide bonds. The molecular formula is C26H23N3O6. The fraction of sp³-hybridized carbons (Fsp3) is 0.154. The van der Waals surface area contributed by atoms with Gasteiger partial charge in [-0.15, -0.1) is 0 Å². The molecule has 1 aliphatic heterocycles. The van der Waals surface area contributed by atoms with Crippen LogP contribution >= 0.6 is 0 Å². The van der Waals surface area contributed by atoms with Crippen molar-refractivity contribution in [3.63, 3.8) is 0 Å². The summed E-state index contributed by atoms with van der Waals surface area (Å²) < 4.78 is 11.3. The molecule has 9 nitrogen and oxygen atoms in total. The zero-order valence-corrected chi connectivity index (χ0v) is 19.0. The van der Waals surface area contributed by atoms with E-state index in [1.807, 2.05) is 31.2 Å².